The molecule has 2 rings (SSSR count). The monoisotopic (exact) mass is 405 g/mol. The predicted octanol–water partition coefficient (Wildman–Crippen LogP) is 1.96. The molecule has 2 aromatic rings. The van der Waals surface area contributed by atoms with E-state index in [-0.39, 0.29) is 24.5 Å². The summed E-state index contributed by atoms with van der Waals surface area (Å²) in [4.78, 5) is 30.1. The lowest BCUT2D eigenvalue weighted by Gasteiger charge is -2.22. The van der Waals surface area contributed by atoms with Gasteiger partial charge in [-0.25, -0.2) is 9.78 Å². The van der Waals surface area contributed by atoms with E-state index in [9.17, 15) is 22.8 Å². The van der Waals surface area contributed by atoms with Crippen LogP contribution in [-0.2, 0) is 17.5 Å². The highest BCUT2D eigenvalue weighted by Gasteiger charge is 2.34. The van der Waals surface area contributed by atoms with Crippen molar-refractivity contribution in [3.63, 3.8) is 0 Å². The van der Waals surface area contributed by atoms with Crippen LogP contribution in [0.1, 0.15) is 21.9 Å². The molecule has 0 bridgehead atoms. The van der Waals surface area contributed by atoms with E-state index in [0.717, 1.165) is 10.7 Å². The number of aromatic nitrogens is 3. The van der Waals surface area contributed by atoms with E-state index in [4.69, 9.17) is 5.11 Å². The molecule has 0 fully saturated rings. The van der Waals surface area contributed by atoms with Crippen LogP contribution in [0.2, 0.25) is 0 Å². The van der Waals surface area contributed by atoms with E-state index in [2.05, 4.69) is 10.1 Å². The molecule has 1 amide bonds. The van der Waals surface area contributed by atoms with Gasteiger partial charge in [0.1, 0.15) is 6.54 Å². The number of carboxylic acids is 1. The van der Waals surface area contributed by atoms with Crippen LogP contribution in [-0.4, -0.2) is 63.8 Å². The van der Waals surface area contributed by atoms with Gasteiger partial charge in [0.05, 0.1) is 0 Å². The smallest absolute Gasteiger partial charge is 0.435 e. The third-order valence-electron chi connectivity index (χ3n) is 3.79. The lowest BCUT2D eigenvalue weighted by molar-refractivity contribution is -0.142. The molecule has 0 radical (unpaired) electrons. The van der Waals surface area contributed by atoms with Crippen LogP contribution >= 0.6 is 11.3 Å². The summed E-state index contributed by atoms with van der Waals surface area (Å²) in [5.41, 5.74) is -0.848. The topological polar surface area (TPSA) is 91.6 Å². The number of likely N-dealkylation sites (N-methyl/N-ethyl adjacent to an activating group) is 2. The maximum atomic E-state index is 12.7. The Hall–Kier alpha value is -2.63. The first kappa shape index (κ1) is 20.7. The van der Waals surface area contributed by atoms with Gasteiger partial charge in [0.2, 0.25) is 5.91 Å². The number of thiazole rings is 1. The third kappa shape index (κ3) is 5.18. The Morgan fingerprint density at radius 1 is 1.30 bits per heavy atom. The van der Waals surface area contributed by atoms with Crippen molar-refractivity contribution in [3.05, 3.63) is 28.5 Å². The van der Waals surface area contributed by atoms with Gasteiger partial charge in [-0.2, -0.15) is 18.3 Å². The number of aryl methyl sites for hydroxylation is 1. The van der Waals surface area contributed by atoms with E-state index >= 15 is 0 Å². The molecule has 0 aromatic carbocycles. The number of hydrogen-bond acceptors (Lipinski definition) is 6. The number of aromatic carboxylic acids is 1. The van der Waals surface area contributed by atoms with Crippen LogP contribution in [0.5, 0.6) is 0 Å². The van der Waals surface area contributed by atoms with Crippen LogP contribution in [0.3, 0.4) is 0 Å². The molecule has 1 N–H and O–H groups in total. The third-order valence-corrected chi connectivity index (χ3v) is 4.75. The normalized spacial score (nSPS) is 11.5. The van der Waals surface area contributed by atoms with Gasteiger partial charge in [-0.15, -0.1) is 11.3 Å². The number of hydrogen-bond donors (Lipinski definition) is 1. The van der Waals surface area contributed by atoms with Crippen molar-refractivity contribution in [2.75, 3.05) is 32.1 Å². The van der Waals surface area contributed by atoms with Gasteiger partial charge in [0, 0.05) is 38.3 Å². The summed E-state index contributed by atoms with van der Waals surface area (Å²) in [5.74, 6) is -1.51. The fraction of sp³-hybridized carbons (Fsp3) is 0.467. The SMILES string of the molecule is Cc1cc(C(F)(F)F)nn1CC(=O)N(C)CCN(C)c1nc(C(=O)O)cs1. The van der Waals surface area contributed by atoms with Gasteiger partial charge in [-0.1, -0.05) is 0 Å². The van der Waals surface area contributed by atoms with Crippen LogP contribution < -0.4 is 4.90 Å². The van der Waals surface area contributed by atoms with E-state index in [1.807, 2.05) is 0 Å². The Bertz CT molecular complexity index is 833. The average Bonchev–Trinajstić information content (AvgIpc) is 3.19. The molecule has 8 nitrogen and oxygen atoms in total. The molecule has 27 heavy (non-hydrogen) atoms. The van der Waals surface area contributed by atoms with Gasteiger partial charge in [0.15, 0.2) is 16.5 Å². The number of anilines is 1. The minimum Gasteiger partial charge on any atom is -0.476 e. The zero-order valence-electron chi connectivity index (χ0n) is 14.8. The van der Waals surface area contributed by atoms with E-state index in [1.54, 1.807) is 11.9 Å². The Balaban J connectivity index is 1.92. The first-order valence-electron chi connectivity index (χ1n) is 7.74. The zero-order chi connectivity index (χ0) is 20.4. The number of carboxylic acid groups (broad SMARTS) is 1. The van der Waals surface area contributed by atoms with E-state index < -0.39 is 23.7 Å². The summed E-state index contributed by atoms with van der Waals surface area (Å²) in [5, 5.41) is 14.2. The Morgan fingerprint density at radius 3 is 2.48 bits per heavy atom. The van der Waals surface area contributed by atoms with Crippen molar-refractivity contribution in [3.8, 4) is 0 Å². The van der Waals surface area contributed by atoms with Crippen molar-refractivity contribution in [2.45, 2.75) is 19.6 Å². The molecule has 0 spiro atoms. The molecule has 0 aliphatic carbocycles. The van der Waals surface area contributed by atoms with Crippen molar-refractivity contribution in [2.24, 2.45) is 0 Å². The number of carbonyl (C=O) groups is 2. The fourth-order valence-electron chi connectivity index (χ4n) is 2.12. The number of carbonyl (C=O) groups excluding carboxylic acids is 1. The lowest BCUT2D eigenvalue weighted by Crippen LogP contribution is -2.37. The molecule has 0 atom stereocenters. The summed E-state index contributed by atoms with van der Waals surface area (Å²) < 4.78 is 39.1. The molecule has 148 valence electrons. The highest BCUT2D eigenvalue weighted by Crippen LogP contribution is 2.28. The molecular formula is C15H18F3N5O3S. The largest absolute Gasteiger partial charge is 0.476 e. The number of halogens is 3. The van der Waals surface area contributed by atoms with Crippen LogP contribution in [0, 0.1) is 6.92 Å². The predicted molar refractivity (Wildman–Crippen MR) is 91.9 cm³/mol. The van der Waals surface area contributed by atoms with Gasteiger partial charge in [-0.3, -0.25) is 9.48 Å². The van der Waals surface area contributed by atoms with Crippen molar-refractivity contribution >= 4 is 28.3 Å². The highest BCUT2D eigenvalue weighted by atomic mass is 32.1. The quantitative estimate of drug-likeness (QED) is 0.757. The van der Waals surface area contributed by atoms with Crippen molar-refractivity contribution in [1.82, 2.24) is 19.7 Å². The molecule has 0 saturated heterocycles. The van der Waals surface area contributed by atoms with Crippen LogP contribution in [0.25, 0.3) is 0 Å². The summed E-state index contributed by atoms with van der Waals surface area (Å²) in [6.45, 7) is 1.80. The molecule has 2 aromatic heterocycles. The molecule has 0 aliphatic heterocycles. The fourth-order valence-corrected chi connectivity index (χ4v) is 2.91. The molecule has 2 heterocycles. The minimum atomic E-state index is -4.56. The molecule has 0 aliphatic rings. The van der Waals surface area contributed by atoms with Crippen LogP contribution in [0.4, 0.5) is 18.3 Å². The van der Waals surface area contributed by atoms with Crippen molar-refractivity contribution in [1.29, 1.82) is 0 Å². The van der Waals surface area contributed by atoms with E-state index in [1.165, 1.54) is 35.6 Å². The lowest BCUT2D eigenvalue weighted by atomic mass is 10.3. The van der Waals surface area contributed by atoms with Gasteiger partial charge < -0.3 is 14.9 Å². The molecular weight excluding hydrogens is 387 g/mol. The summed E-state index contributed by atoms with van der Waals surface area (Å²) in [6, 6.07) is 0.892. The maximum Gasteiger partial charge on any atom is 0.435 e. The second kappa shape index (κ2) is 7.94. The number of alkyl halides is 3. The average molecular weight is 405 g/mol. The van der Waals surface area contributed by atoms with Gasteiger partial charge in [-0.05, 0) is 13.0 Å². The standard InChI is InChI=1S/C15H18F3N5O3S/c1-9-6-11(15(16,17)18)20-23(9)7-12(24)21(2)4-5-22(3)14-19-10(8-27-14)13(25)26/h6,8H,4-5,7H2,1-3H3,(H,25,26). The number of nitrogens with zero attached hydrogens (tertiary/aromatic N) is 5. The Morgan fingerprint density at radius 2 is 1.96 bits per heavy atom. The molecule has 0 unspecified atom stereocenters. The molecule has 12 heteroatoms. The first-order chi connectivity index (χ1) is 12.5. The second-order valence-electron chi connectivity index (χ2n) is 5.88. The van der Waals surface area contributed by atoms with Gasteiger partial charge in [0.25, 0.3) is 0 Å². The highest BCUT2D eigenvalue weighted by molar-refractivity contribution is 7.13. The summed E-state index contributed by atoms with van der Waals surface area (Å²) >= 11 is 1.17. The Kier molecular flexibility index (Phi) is 6.08. The summed E-state index contributed by atoms with van der Waals surface area (Å²) in [7, 11) is 3.24. The minimum absolute atomic E-state index is 0.0547. The number of amides is 1. The molecule has 0 saturated carbocycles. The van der Waals surface area contributed by atoms with Crippen molar-refractivity contribution < 1.29 is 27.9 Å². The zero-order valence-corrected chi connectivity index (χ0v) is 15.6. The second-order valence-corrected chi connectivity index (χ2v) is 6.72. The number of rotatable bonds is 7. The van der Waals surface area contributed by atoms with E-state index in [0.29, 0.717) is 11.7 Å². The van der Waals surface area contributed by atoms with Gasteiger partial charge >= 0.3 is 12.1 Å². The summed E-state index contributed by atoms with van der Waals surface area (Å²) in [6.07, 6.45) is -4.56. The van der Waals surface area contributed by atoms with Crippen LogP contribution in [0.15, 0.2) is 11.4 Å². The maximum absolute atomic E-state index is 12.7. The Labute approximate surface area is 156 Å². The first-order valence-corrected chi connectivity index (χ1v) is 8.62.